The van der Waals surface area contributed by atoms with E-state index < -0.39 is 19.2 Å². The first kappa shape index (κ1) is 23.3. The Morgan fingerprint density at radius 2 is 1.62 bits per heavy atom. The zero-order chi connectivity index (χ0) is 17.7. The van der Waals surface area contributed by atoms with Crippen LogP contribution < -0.4 is 28.8 Å². The van der Waals surface area contributed by atoms with E-state index in [2.05, 4.69) is 89.5 Å². The molecule has 0 saturated heterocycles. The molecule has 0 bridgehead atoms. The number of hydrogen-bond donors (Lipinski definition) is 1. The van der Waals surface area contributed by atoms with Gasteiger partial charge >= 0.3 is 155 Å². The van der Waals surface area contributed by atoms with Crippen LogP contribution in [0.3, 0.4) is 0 Å². The van der Waals surface area contributed by atoms with Crippen LogP contribution in [0, 0.1) is 0 Å². The molecule has 0 fully saturated rings. The summed E-state index contributed by atoms with van der Waals surface area (Å²) in [6.45, 7) is 18.1. The van der Waals surface area contributed by atoms with Gasteiger partial charge in [0.25, 0.3) is 0 Å². The minimum absolute atomic E-state index is 0. The Balaban J connectivity index is 0.00000169. The summed E-state index contributed by atoms with van der Waals surface area (Å²) in [6.07, 6.45) is 6.49. The largest absolute Gasteiger partial charge is 1.00 e. The van der Waals surface area contributed by atoms with Crippen LogP contribution in [-0.2, 0) is 30.0 Å². The van der Waals surface area contributed by atoms with E-state index in [1.807, 2.05) is 0 Å². The van der Waals surface area contributed by atoms with Gasteiger partial charge in [0, 0.05) is 0 Å². The molecule has 1 aliphatic rings. The summed E-state index contributed by atoms with van der Waals surface area (Å²) < 4.78 is 2.88. The van der Waals surface area contributed by atoms with Gasteiger partial charge in [0.2, 0.25) is 0 Å². The minimum Gasteiger partial charge on any atom is -1.00 e. The maximum atomic E-state index is 4.20. The van der Waals surface area contributed by atoms with Gasteiger partial charge in [-0.15, -0.1) is 0 Å². The van der Waals surface area contributed by atoms with Gasteiger partial charge in [-0.05, 0) is 0 Å². The fraction of sp³-hybridized carbons (Fsp3) is 0.364. The first-order valence-electron chi connectivity index (χ1n) is 8.59. The van der Waals surface area contributed by atoms with Gasteiger partial charge < -0.3 is 24.8 Å². The van der Waals surface area contributed by atoms with Crippen molar-refractivity contribution in [3.05, 3.63) is 63.6 Å². The predicted octanol–water partition coefficient (Wildman–Crippen LogP) is -0.511. The molecule has 1 aromatic heterocycles. The third-order valence-corrected chi connectivity index (χ3v) is 6.71. The molecule has 0 radical (unpaired) electrons. The summed E-state index contributed by atoms with van der Waals surface area (Å²) in [6, 6.07) is 6.71. The van der Waals surface area contributed by atoms with E-state index in [0.29, 0.717) is 0 Å². The first-order valence-corrected chi connectivity index (χ1v) is 10.2. The zero-order valence-corrected chi connectivity index (χ0v) is 19.5. The zero-order valence-electron chi connectivity index (χ0n) is 16.4. The quantitative estimate of drug-likeness (QED) is 0.626. The number of halogens is 2. The molecule has 1 aromatic carbocycles. The summed E-state index contributed by atoms with van der Waals surface area (Å²) in [5.41, 5.74) is 5.66. The number of fused-ring (bicyclic) bond motifs is 1. The second kappa shape index (κ2) is 8.11. The van der Waals surface area contributed by atoms with Crippen LogP contribution in [0.25, 0.3) is 10.9 Å². The Bertz CT molecular complexity index is 874. The van der Waals surface area contributed by atoms with E-state index in [1.54, 1.807) is 0 Å². The molecule has 0 unspecified atom stereocenters. The topological polar surface area (TPSA) is 15.8 Å². The molecule has 1 nitrogen and oxygen atoms in total. The van der Waals surface area contributed by atoms with Gasteiger partial charge in [0.1, 0.15) is 0 Å². The van der Waals surface area contributed by atoms with Gasteiger partial charge in [0.15, 0.2) is 0 Å². The van der Waals surface area contributed by atoms with Crippen LogP contribution in [0.4, 0.5) is 0 Å². The van der Waals surface area contributed by atoms with Crippen LogP contribution in [0.5, 0.6) is 0 Å². The van der Waals surface area contributed by atoms with Gasteiger partial charge in [-0.25, -0.2) is 0 Å². The van der Waals surface area contributed by atoms with Crippen molar-refractivity contribution >= 4 is 14.9 Å². The Kier molecular flexibility index (Phi) is 7.27. The molecule has 0 amide bonds. The molecular formula is C22H27Cl2NTi. The molecule has 2 aromatic rings. The van der Waals surface area contributed by atoms with Crippen molar-refractivity contribution in [3.8, 4) is 0 Å². The summed E-state index contributed by atoms with van der Waals surface area (Å²) in [7, 11) is 0. The second-order valence-corrected chi connectivity index (χ2v) is 10.7. The number of nitrogens with one attached hydrogen (secondary N) is 1. The Morgan fingerprint density at radius 3 is 2.12 bits per heavy atom. The molecule has 4 heteroatoms. The fourth-order valence-corrected chi connectivity index (χ4v) is 5.80. The number of aromatic amines is 1. The molecule has 0 spiro atoms. The monoisotopic (exact) mass is 423 g/mol. The molecule has 1 aliphatic carbocycles. The number of benzene rings is 1. The Morgan fingerprint density at radius 1 is 0.962 bits per heavy atom. The minimum atomic E-state index is -0.419. The van der Waals surface area contributed by atoms with Gasteiger partial charge in [-0.1, -0.05) is 0 Å². The van der Waals surface area contributed by atoms with Crippen molar-refractivity contribution in [2.24, 2.45) is 0 Å². The fourth-order valence-electron chi connectivity index (χ4n) is 3.43. The maximum absolute atomic E-state index is 4.20. The van der Waals surface area contributed by atoms with E-state index in [4.69, 9.17) is 0 Å². The van der Waals surface area contributed by atoms with Crippen LogP contribution in [0.2, 0.25) is 0 Å². The standard InChI is InChI=1S/C16H22N.C6H5.2ClH.Ti/c1-15(2,3)11-8-7-9-13-14(11)12(10-17-13)16(4,5)6;1-6-4-2-3-5-6;;;/h7-9,17H,1-6H3;2-4H,1H2;2*1H;/q;;;;+2/p-2. The third-order valence-electron chi connectivity index (χ3n) is 4.55. The number of H-pyrrole nitrogens is 1. The van der Waals surface area contributed by atoms with Crippen molar-refractivity contribution in [1.82, 2.24) is 4.98 Å². The summed E-state index contributed by atoms with van der Waals surface area (Å²) in [5, 5.41) is 1.44. The van der Waals surface area contributed by atoms with Crippen LogP contribution in [0.15, 0.2) is 52.5 Å². The molecule has 0 aliphatic heterocycles. The number of aromatic nitrogens is 1. The SMILES string of the molecule is C=C1C=CC=[C]1[Ti+2][c]1[nH]c2cccc(C(C)(C)C)c2c1C(C)(C)C.[Cl-].[Cl-]. The smallest absolute Gasteiger partial charge is 1.00 e. The van der Waals surface area contributed by atoms with Crippen LogP contribution in [0.1, 0.15) is 52.7 Å². The average molecular weight is 424 g/mol. The van der Waals surface area contributed by atoms with E-state index in [0.717, 1.165) is 0 Å². The van der Waals surface area contributed by atoms with Crippen molar-refractivity contribution in [3.63, 3.8) is 0 Å². The van der Waals surface area contributed by atoms with Gasteiger partial charge in [-0.2, -0.15) is 0 Å². The van der Waals surface area contributed by atoms with Crippen molar-refractivity contribution in [2.75, 3.05) is 0 Å². The molecule has 138 valence electrons. The summed E-state index contributed by atoms with van der Waals surface area (Å²) in [4.78, 5) is 3.78. The number of hydrogen-bond acceptors (Lipinski definition) is 0. The van der Waals surface area contributed by atoms with E-state index in [-0.39, 0.29) is 35.6 Å². The Hall–Kier alpha value is -0.726. The third kappa shape index (κ3) is 4.39. The number of rotatable bonds is 2. The first-order chi connectivity index (χ1) is 11.1. The normalized spacial score (nSPS) is 13.9. The second-order valence-electron chi connectivity index (χ2n) is 8.69. The average Bonchev–Trinajstić information content (AvgIpc) is 3.00. The van der Waals surface area contributed by atoms with E-state index in [9.17, 15) is 0 Å². The van der Waals surface area contributed by atoms with Crippen LogP contribution in [-0.4, -0.2) is 4.98 Å². The van der Waals surface area contributed by atoms with E-state index >= 15 is 0 Å². The van der Waals surface area contributed by atoms with Gasteiger partial charge in [0.05, 0.1) is 0 Å². The molecule has 1 N–H and O–H groups in total. The van der Waals surface area contributed by atoms with Crippen molar-refractivity contribution < 1.29 is 44.0 Å². The molecule has 26 heavy (non-hydrogen) atoms. The van der Waals surface area contributed by atoms with Crippen LogP contribution >= 0.6 is 0 Å². The van der Waals surface area contributed by atoms with Crippen molar-refractivity contribution in [1.29, 1.82) is 0 Å². The molecule has 0 atom stereocenters. The predicted molar refractivity (Wildman–Crippen MR) is 102 cm³/mol. The molecule has 3 rings (SSSR count). The van der Waals surface area contributed by atoms with Gasteiger partial charge in [-0.3, -0.25) is 0 Å². The molecular weight excluding hydrogens is 397 g/mol. The summed E-state index contributed by atoms with van der Waals surface area (Å²) >= 11 is -0.419. The number of allylic oxidation sites excluding steroid dienone is 5. The van der Waals surface area contributed by atoms with Crippen molar-refractivity contribution in [2.45, 2.75) is 52.4 Å². The molecule has 1 heterocycles. The van der Waals surface area contributed by atoms with E-state index in [1.165, 1.54) is 35.5 Å². The summed E-state index contributed by atoms with van der Waals surface area (Å²) in [5.74, 6) is 0. The Labute approximate surface area is 179 Å². The maximum Gasteiger partial charge on any atom is -1.00 e. The molecule has 0 saturated carbocycles.